The molecule has 5 nitrogen and oxygen atoms in total. The molecule has 19 heavy (non-hydrogen) atoms. The van der Waals surface area contributed by atoms with Crippen LogP contribution in [0.1, 0.15) is 29.3 Å². The molecular formula is C14H19NO4. The van der Waals surface area contributed by atoms with Gasteiger partial charge in [0.05, 0.1) is 18.1 Å². The van der Waals surface area contributed by atoms with Crippen LogP contribution < -0.4 is 0 Å². The van der Waals surface area contributed by atoms with Crippen LogP contribution in [-0.2, 0) is 11.2 Å². The number of carbonyl (C=O) groups excluding carboxylic acids is 1. The lowest BCUT2D eigenvalue weighted by Crippen LogP contribution is -2.31. The third-order valence-electron chi connectivity index (χ3n) is 2.90. The zero-order valence-electron chi connectivity index (χ0n) is 11.2. The van der Waals surface area contributed by atoms with Crippen molar-refractivity contribution in [2.24, 2.45) is 0 Å². The number of aliphatic hydroxyl groups is 1. The minimum absolute atomic E-state index is 0.0543. The van der Waals surface area contributed by atoms with E-state index in [1.165, 1.54) is 11.0 Å². The average molecular weight is 265 g/mol. The van der Waals surface area contributed by atoms with E-state index in [9.17, 15) is 14.7 Å². The molecule has 104 valence electrons. The number of aromatic carboxylic acids is 1. The normalized spacial score (nSPS) is 11.9. The van der Waals surface area contributed by atoms with Gasteiger partial charge in [0.2, 0.25) is 5.91 Å². The largest absolute Gasteiger partial charge is 0.478 e. The summed E-state index contributed by atoms with van der Waals surface area (Å²) in [7, 11) is 1.65. The maximum absolute atomic E-state index is 12.0. The molecule has 1 rings (SSSR count). The molecule has 0 aromatic heterocycles. The Morgan fingerprint density at radius 1 is 1.32 bits per heavy atom. The van der Waals surface area contributed by atoms with Crippen LogP contribution in [0.4, 0.5) is 0 Å². The molecule has 0 saturated heterocycles. The molecule has 0 bridgehead atoms. The fourth-order valence-corrected chi connectivity index (χ4v) is 1.69. The zero-order chi connectivity index (χ0) is 14.4. The lowest BCUT2D eigenvalue weighted by Gasteiger charge is -2.18. The molecule has 0 radical (unpaired) electrons. The van der Waals surface area contributed by atoms with Crippen LogP contribution in [-0.4, -0.2) is 46.7 Å². The van der Waals surface area contributed by atoms with Crippen molar-refractivity contribution in [3.05, 3.63) is 35.4 Å². The second-order valence-corrected chi connectivity index (χ2v) is 4.59. The molecule has 1 aromatic rings. The number of carbonyl (C=O) groups is 2. The van der Waals surface area contributed by atoms with Gasteiger partial charge in [0, 0.05) is 13.6 Å². The predicted octanol–water partition coefficient (Wildman–Crippen LogP) is 1.16. The van der Waals surface area contributed by atoms with E-state index >= 15 is 0 Å². The van der Waals surface area contributed by atoms with Crippen LogP contribution in [0.5, 0.6) is 0 Å². The summed E-state index contributed by atoms with van der Waals surface area (Å²) in [6.07, 6.45) is 0.100. The highest BCUT2D eigenvalue weighted by Crippen LogP contribution is 2.11. The lowest BCUT2D eigenvalue weighted by atomic mass is 10.0. The Bertz CT molecular complexity index is 457. The summed E-state index contributed by atoms with van der Waals surface area (Å²) < 4.78 is 0. The van der Waals surface area contributed by atoms with Gasteiger partial charge in [0.25, 0.3) is 0 Å². The first-order valence-electron chi connectivity index (χ1n) is 6.15. The Kier molecular flexibility index (Phi) is 5.51. The third-order valence-corrected chi connectivity index (χ3v) is 2.90. The van der Waals surface area contributed by atoms with E-state index in [4.69, 9.17) is 5.11 Å². The van der Waals surface area contributed by atoms with E-state index in [1.54, 1.807) is 32.2 Å². The standard InChI is InChI=1S/C14H19NO4/c1-10(16)7-8-15(2)13(17)9-11-5-3-4-6-12(11)14(18)19/h3-6,10,16H,7-9H2,1-2H3,(H,18,19). The van der Waals surface area contributed by atoms with Gasteiger partial charge in [-0.15, -0.1) is 0 Å². The molecular weight excluding hydrogens is 246 g/mol. The fraction of sp³-hybridized carbons (Fsp3) is 0.429. The average Bonchev–Trinajstić information content (AvgIpc) is 2.36. The Labute approximate surface area is 112 Å². The van der Waals surface area contributed by atoms with E-state index in [0.29, 0.717) is 18.5 Å². The van der Waals surface area contributed by atoms with Gasteiger partial charge in [-0.3, -0.25) is 4.79 Å². The Morgan fingerprint density at radius 3 is 2.53 bits per heavy atom. The predicted molar refractivity (Wildman–Crippen MR) is 71.0 cm³/mol. The fourth-order valence-electron chi connectivity index (χ4n) is 1.69. The van der Waals surface area contributed by atoms with Crippen LogP contribution in [0.15, 0.2) is 24.3 Å². The number of carboxylic acid groups (broad SMARTS) is 1. The highest BCUT2D eigenvalue weighted by Gasteiger charge is 2.15. The van der Waals surface area contributed by atoms with Crippen LogP contribution in [0.2, 0.25) is 0 Å². The van der Waals surface area contributed by atoms with Crippen molar-refractivity contribution in [2.45, 2.75) is 25.9 Å². The smallest absolute Gasteiger partial charge is 0.335 e. The number of rotatable bonds is 6. The first-order valence-corrected chi connectivity index (χ1v) is 6.15. The quantitative estimate of drug-likeness (QED) is 0.809. The molecule has 0 saturated carbocycles. The Morgan fingerprint density at radius 2 is 1.95 bits per heavy atom. The molecule has 2 N–H and O–H groups in total. The van der Waals surface area contributed by atoms with E-state index in [1.807, 2.05) is 0 Å². The number of amides is 1. The van der Waals surface area contributed by atoms with Gasteiger partial charge in [0.15, 0.2) is 0 Å². The number of carboxylic acids is 1. The Balaban J connectivity index is 2.69. The van der Waals surface area contributed by atoms with Crippen molar-refractivity contribution in [2.75, 3.05) is 13.6 Å². The molecule has 1 atom stereocenters. The van der Waals surface area contributed by atoms with Crippen LogP contribution in [0.3, 0.4) is 0 Å². The number of hydrogen-bond donors (Lipinski definition) is 2. The van der Waals surface area contributed by atoms with Gasteiger partial charge >= 0.3 is 5.97 Å². The molecule has 0 heterocycles. The number of benzene rings is 1. The maximum Gasteiger partial charge on any atom is 0.335 e. The summed E-state index contributed by atoms with van der Waals surface area (Å²) in [5.74, 6) is -1.19. The van der Waals surface area contributed by atoms with Gasteiger partial charge in [0.1, 0.15) is 0 Å². The highest BCUT2D eigenvalue weighted by atomic mass is 16.4. The van der Waals surface area contributed by atoms with Gasteiger partial charge in [-0.25, -0.2) is 4.79 Å². The Hall–Kier alpha value is -1.88. The molecule has 1 aromatic carbocycles. The first kappa shape index (κ1) is 15.2. The topological polar surface area (TPSA) is 77.8 Å². The van der Waals surface area contributed by atoms with Crippen molar-refractivity contribution < 1.29 is 19.8 Å². The summed E-state index contributed by atoms with van der Waals surface area (Å²) >= 11 is 0. The molecule has 0 aliphatic rings. The van der Waals surface area contributed by atoms with Gasteiger partial charge in [-0.2, -0.15) is 0 Å². The summed E-state index contributed by atoms with van der Waals surface area (Å²) in [5.41, 5.74) is 0.656. The van der Waals surface area contributed by atoms with E-state index in [0.717, 1.165) is 0 Å². The number of nitrogens with zero attached hydrogens (tertiary/aromatic N) is 1. The minimum atomic E-state index is -1.03. The first-order chi connectivity index (χ1) is 8.91. The van der Waals surface area contributed by atoms with E-state index < -0.39 is 12.1 Å². The van der Waals surface area contributed by atoms with Crippen molar-refractivity contribution in [1.82, 2.24) is 4.90 Å². The molecule has 0 fully saturated rings. The number of hydrogen-bond acceptors (Lipinski definition) is 3. The van der Waals surface area contributed by atoms with E-state index in [2.05, 4.69) is 0 Å². The molecule has 0 aliphatic heterocycles. The second kappa shape index (κ2) is 6.89. The molecule has 5 heteroatoms. The van der Waals surface area contributed by atoms with E-state index in [-0.39, 0.29) is 17.9 Å². The van der Waals surface area contributed by atoms with Crippen molar-refractivity contribution >= 4 is 11.9 Å². The molecule has 1 unspecified atom stereocenters. The van der Waals surface area contributed by atoms with Crippen LogP contribution in [0, 0.1) is 0 Å². The molecule has 0 aliphatic carbocycles. The molecule has 1 amide bonds. The second-order valence-electron chi connectivity index (χ2n) is 4.59. The minimum Gasteiger partial charge on any atom is -0.478 e. The van der Waals surface area contributed by atoms with Crippen molar-refractivity contribution in [1.29, 1.82) is 0 Å². The monoisotopic (exact) mass is 265 g/mol. The zero-order valence-corrected chi connectivity index (χ0v) is 11.2. The van der Waals surface area contributed by atoms with Crippen molar-refractivity contribution in [3.8, 4) is 0 Å². The summed E-state index contributed by atoms with van der Waals surface area (Å²) in [5, 5.41) is 18.2. The summed E-state index contributed by atoms with van der Waals surface area (Å²) in [6.45, 7) is 2.11. The number of likely N-dealkylation sites (N-methyl/N-ethyl adjacent to an activating group) is 1. The van der Waals surface area contributed by atoms with Gasteiger partial charge in [-0.05, 0) is 25.0 Å². The summed E-state index contributed by atoms with van der Waals surface area (Å²) in [6, 6.07) is 6.48. The van der Waals surface area contributed by atoms with Crippen LogP contribution >= 0.6 is 0 Å². The third kappa shape index (κ3) is 4.71. The lowest BCUT2D eigenvalue weighted by molar-refractivity contribution is -0.129. The van der Waals surface area contributed by atoms with Crippen molar-refractivity contribution in [3.63, 3.8) is 0 Å². The SMILES string of the molecule is CC(O)CCN(C)C(=O)Cc1ccccc1C(=O)O. The highest BCUT2D eigenvalue weighted by molar-refractivity contribution is 5.91. The summed E-state index contributed by atoms with van der Waals surface area (Å²) in [4.78, 5) is 24.5. The number of aliphatic hydroxyl groups excluding tert-OH is 1. The maximum atomic E-state index is 12.0. The van der Waals surface area contributed by atoms with Crippen LogP contribution in [0.25, 0.3) is 0 Å². The van der Waals surface area contributed by atoms with Gasteiger partial charge < -0.3 is 15.1 Å². The van der Waals surface area contributed by atoms with Gasteiger partial charge in [-0.1, -0.05) is 18.2 Å². The molecule has 0 spiro atoms.